The number of H-pyrrole nitrogens is 1. The third kappa shape index (κ3) is 6.19. The predicted octanol–water partition coefficient (Wildman–Crippen LogP) is 3.31. The van der Waals surface area contributed by atoms with Crippen molar-refractivity contribution in [2.24, 2.45) is 0 Å². The normalized spacial score (nSPS) is 17.7. The molecule has 1 unspecified atom stereocenters. The SMILES string of the molecule is CNC(=O)c1cnccc1C(=O)N[C@@H](C)CN1CC(C)(C)OCC1C(=O)Nc1cc(I)cc2c1[nH]c1cnccc12. The van der Waals surface area contributed by atoms with Crippen LogP contribution in [0.2, 0.25) is 0 Å². The van der Waals surface area contributed by atoms with Crippen molar-refractivity contribution in [1.82, 2.24) is 30.5 Å². The fraction of sp³-hybridized carbons (Fsp3) is 0.345. The Bertz CT molecular complexity index is 1640. The zero-order valence-electron chi connectivity index (χ0n) is 23.2. The third-order valence-electron chi connectivity index (χ3n) is 7.11. The van der Waals surface area contributed by atoms with E-state index >= 15 is 0 Å². The van der Waals surface area contributed by atoms with Gasteiger partial charge in [0.15, 0.2) is 0 Å². The molecule has 2 atom stereocenters. The summed E-state index contributed by atoms with van der Waals surface area (Å²) in [4.78, 5) is 52.7. The molecule has 0 spiro atoms. The van der Waals surface area contributed by atoms with Gasteiger partial charge in [0.2, 0.25) is 5.91 Å². The number of ether oxygens (including phenoxy) is 1. The number of morpholine rings is 1. The first-order chi connectivity index (χ1) is 19.6. The van der Waals surface area contributed by atoms with E-state index in [-0.39, 0.29) is 35.6 Å². The van der Waals surface area contributed by atoms with Crippen molar-refractivity contribution in [2.75, 3.05) is 32.1 Å². The second-order valence-corrected chi connectivity index (χ2v) is 12.0. The topological polar surface area (TPSA) is 141 Å². The zero-order chi connectivity index (χ0) is 29.3. The molecule has 11 nitrogen and oxygen atoms in total. The van der Waals surface area contributed by atoms with Gasteiger partial charge in [-0.05, 0) is 67.6 Å². The number of aromatic amines is 1. The van der Waals surface area contributed by atoms with Crippen LogP contribution in [0.15, 0.2) is 49.1 Å². The van der Waals surface area contributed by atoms with E-state index in [1.807, 2.05) is 37.8 Å². The second-order valence-electron chi connectivity index (χ2n) is 10.8. The summed E-state index contributed by atoms with van der Waals surface area (Å²) in [6.07, 6.45) is 6.36. The van der Waals surface area contributed by atoms with Gasteiger partial charge in [-0.15, -0.1) is 0 Å². The predicted molar refractivity (Wildman–Crippen MR) is 165 cm³/mol. The summed E-state index contributed by atoms with van der Waals surface area (Å²) < 4.78 is 7.04. The van der Waals surface area contributed by atoms with Gasteiger partial charge in [-0.2, -0.15) is 0 Å². The van der Waals surface area contributed by atoms with Crippen molar-refractivity contribution < 1.29 is 19.1 Å². The van der Waals surface area contributed by atoms with Crippen LogP contribution < -0.4 is 16.0 Å². The van der Waals surface area contributed by atoms with E-state index in [2.05, 4.69) is 59.6 Å². The van der Waals surface area contributed by atoms with E-state index in [0.717, 1.165) is 25.4 Å². The van der Waals surface area contributed by atoms with Gasteiger partial charge in [-0.1, -0.05) is 0 Å². The highest BCUT2D eigenvalue weighted by molar-refractivity contribution is 14.1. The van der Waals surface area contributed by atoms with Gasteiger partial charge in [0.1, 0.15) is 6.04 Å². The van der Waals surface area contributed by atoms with E-state index < -0.39 is 17.6 Å². The van der Waals surface area contributed by atoms with Crippen LogP contribution in [0.25, 0.3) is 21.8 Å². The van der Waals surface area contributed by atoms with E-state index in [4.69, 9.17) is 4.74 Å². The number of carbonyl (C=O) groups excluding carboxylic acids is 3. The fourth-order valence-electron chi connectivity index (χ4n) is 5.23. The smallest absolute Gasteiger partial charge is 0.253 e. The minimum absolute atomic E-state index is 0.195. The second kappa shape index (κ2) is 11.7. The minimum Gasteiger partial charge on any atom is -0.372 e. The van der Waals surface area contributed by atoms with Crippen molar-refractivity contribution in [3.05, 3.63) is 63.7 Å². The number of nitrogens with one attached hydrogen (secondary N) is 4. The van der Waals surface area contributed by atoms with Crippen LogP contribution in [0.5, 0.6) is 0 Å². The van der Waals surface area contributed by atoms with Crippen molar-refractivity contribution in [2.45, 2.75) is 38.5 Å². The number of nitrogens with zero attached hydrogens (tertiary/aromatic N) is 3. The Morgan fingerprint density at radius 1 is 1.12 bits per heavy atom. The Morgan fingerprint density at radius 2 is 1.88 bits per heavy atom. The lowest BCUT2D eigenvalue weighted by Gasteiger charge is -2.43. The number of hydrogen-bond acceptors (Lipinski definition) is 7. The van der Waals surface area contributed by atoms with Crippen LogP contribution in [-0.2, 0) is 9.53 Å². The fourth-order valence-corrected chi connectivity index (χ4v) is 5.85. The number of aromatic nitrogens is 3. The number of rotatable bonds is 7. The Kier molecular flexibility index (Phi) is 8.25. The number of fused-ring (bicyclic) bond motifs is 3. The standard InChI is InChI=1S/C29H32IN7O4/c1-16(34-27(39)19-6-8-32-11-21(19)26(38)31-4)13-37-15-29(2,3)41-14-24(37)28(40)36-22-10-17(30)9-20-18-5-7-33-12-23(18)35-25(20)22/h5-12,16,24,35H,13-15H2,1-4H3,(H,31,38)(H,34,39)(H,36,40)/t16-,24?/m0/s1. The first-order valence-electron chi connectivity index (χ1n) is 13.3. The number of hydrogen-bond donors (Lipinski definition) is 4. The Hall–Kier alpha value is -3.62. The van der Waals surface area contributed by atoms with Crippen molar-refractivity contribution >= 4 is 67.8 Å². The lowest BCUT2D eigenvalue weighted by atomic mass is 10.0. The first kappa shape index (κ1) is 28.9. The quantitative estimate of drug-likeness (QED) is 0.222. The maximum absolute atomic E-state index is 13.7. The van der Waals surface area contributed by atoms with Crippen LogP contribution in [-0.4, -0.2) is 82.0 Å². The summed E-state index contributed by atoms with van der Waals surface area (Å²) in [5.74, 6) is -0.977. The van der Waals surface area contributed by atoms with Gasteiger partial charge >= 0.3 is 0 Å². The molecule has 3 amide bonds. The van der Waals surface area contributed by atoms with Crippen molar-refractivity contribution in [3.8, 4) is 0 Å². The lowest BCUT2D eigenvalue weighted by Crippen LogP contribution is -2.60. The summed E-state index contributed by atoms with van der Waals surface area (Å²) in [5, 5.41) is 10.7. The van der Waals surface area contributed by atoms with Crippen LogP contribution >= 0.6 is 22.6 Å². The summed E-state index contributed by atoms with van der Waals surface area (Å²) >= 11 is 2.25. The summed E-state index contributed by atoms with van der Waals surface area (Å²) in [5.41, 5.74) is 2.36. The third-order valence-corrected chi connectivity index (χ3v) is 7.74. The number of halogens is 1. The molecular weight excluding hydrogens is 637 g/mol. The number of pyridine rings is 2. The highest BCUT2D eigenvalue weighted by Gasteiger charge is 2.38. The highest BCUT2D eigenvalue weighted by atomic mass is 127. The van der Waals surface area contributed by atoms with E-state index in [9.17, 15) is 14.4 Å². The van der Waals surface area contributed by atoms with Crippen molar-refractivity contribution in [1.29, 1.82) is 0 Å². The van der Waals surface area contributed by atoms with Gasteiger partial charge in [0, 0.05) is 59.1 Å². The van der Waals surface area contributed by atoms with E-state index in [1.54, 1.807) is 12.4 Å². The van der Waals surface area contributed by atoms with Gasteiger partial charge < -0.3 is 25.7 Å². The molecule has 1 saturated heterocycles. The molecular formula is C29H32IN7O4. The van der Waals surface area contributed by atoms with Crippen LogP contribution in [0.4, 0.5) is 5.69 Å². The first-order valence-corrected chi connectivity index (χ1v) is 14.3. The molecule has 0 saturated carbocycles. The Balaban J connectivity index is 1.35. The van der Waals surface area contributed by atoms with E-state index in [1.165, 1.54) is 25.5 Å². The summed E-state index contributed by atoms with van der Waals surface area (Å²) in [7, 11) is 1.50. The number of carbonyl (C=O) groups is 3. The van der Waals surface area contributed by atoms with Gasteiger partial charge in [-0.25, -0.2) is 0 Å². The Labute approximate surface area is 251 Å². The molecule has 4 N–H and O–H groups in total. The Morgan fingerprint density at radius 3 is 2.66 bits per heavy atom. The van der Waals surface area contributed by atoms with Gasteiger partial charge in [-0.3, -0.25) is 29.3 Å². The summed E-state index contributed by atoms with van der Waals surface area (Å²) in [6, 6.07) is 6.57. The maximum Gasteiger partial charge on any atom is 0.253 e. The van der Waals surface area contributed by atoms with Crippen LogP contribution in [0.1, 0.15) is 41.5 Å². The maximum atomic E-state index is 13.7. The minimum atomic E-state index is -0.580. The molecule has 0 bridgehead atoms. The molecule has 214 valence electrons. The molecule has 1 fully saturated rings. The molecule has 4 heterocycles. The average molecular weight is 670 g/mol. The zero-order valence-corrected chi connectivity index (χ0v) is 25.4. The monoisotopic (exact) mass is 669 g/mol. The van der Waals surface area contributed by atoms with Gasteiger partial charge in [0.25, 0.3) is 11.8 Å². The van der Waals surface area contributed by atoms with Gasteiger partial charge in [0.05, 0.1) is 46.3 Å². The molecule has 12 heteroatoms. The molecule has 5 rings (SSSR count). The molecule has 4 aromatic rings. The molecule has 1 aliphatic heterocycles. The number of anilines is 1. The number of amides is 3. The average Bonchev–Trinajstić information content (AvgIpc) is 3.30. The molecule has 0 radical (unpaired) electrons. The molecule has 3 aromatic heterocycles. The lowest BCUT2D eigenvalue weighted by molar-refractivity contribution is -0.143. The van der Waals surface area contributed by atoms with Crippen LogP contribution in [0, 0.1) is 3.57 Å². The van der Waals surface area contributed by atoms with E-state index in [0.29, 0.717) is 18.8 Å². The molecule has 41 heavy (non-hydrogen) atoms. The number of benzene rings is 1. The largest absolute Gasteiger partial charge is 0.372 e. The molecule has 1 aliphatic rings. The molecule has 0 aliphatic carbocycles. The highest BCUT2D eigenvalue weighted by Crippen LogP contribution is 2.32. The molecule has 1 aromatic carbocycles. The van der Waals surface area contributed by atoms with Crippen LogP contribution in [0.3, 0.4) is 0 Å². The summed E-state index contributed by atoms with van der Waals surface area (Å²) in [6.45, 7) is 6.92. The van der Waals surface area contributed by atoms with Crippen molar-refractivity contribution in [3.63, 3.8) is 0 Å².